The lowest BCUT2D eigenvalue weighted by Crippen LogP contribution is -2.03. The quantitative estimate of drug-likeness (QED) is 0.688. The molecule has 0 aliphatic rings. The van der Waals surface area contributed by atoms with Crippen LogP contribution in [0.3, 0.4) is 0 Å². The molecule has 0 saturated carbocycles. The van der Waals surface area contributed by atoms with E-state index in [1.165, 1.54) is 0 Å². The zero-order valence-corrected chi connectivity index (χ0v) is 10.5. The molecule has 0 amide bonds. The molecule has 0 aliphatic carbocycles. The third-order valence-corrected chi connectivity index (χ3v) is 2.83. The summed E-state index contributed by atoms with van der Waals surface area (Å²) in [6.07, 6.45) is 1.75. The predicted molar refractivity (Wildman–Crippen MR) is 67.6 cm³/mol. The number of fused-ring (bicyclic) bond motifs is 3. The minimum atomic E-state index is 0.224. The Balaban J connectivity index is 2.44. The molecule has 0 spiro atoms. The minimum Gasteiger partial charge on any atom is -0.467 e. The highest BCUT2D eigenvalue weighted by Crippen LogP contribution is 2.24. The van der Waals surface area contributed by atoms with E-state index >= 15 is 0 Å². The van der Waals surface area contributed by atoms with Crippen molar-refractivity contribution in [1.82, 2.24) is 25.0 Å². The van der Waals surface area contributed by atoms with Gasteiger partial charge < -0.3 is 4.74 Å². The second-order valence-electron chi connectivity index (χ2n) is 4.36. The first-order valence-corrected chi connectivity index (χ1v) is 5.75. The van der Waals surface area contributed by atoms with Gasteiger partial charge >= 0.3 is 6.01 Å². The van der Waals surface area contributed by atoms with E-state index in [0.717, 1.165) is 21.9 Å². The van der Waals surface area contributed by atoms with Crippen molar-refractivity contribution >= 4 is 21.9 Å². The molecule has 0 saturated heterocycles. The maximum Gasteiger partial charge on any atom is 0.316 e. The summed E-state index contributed by atoms with van der Waals surface area (Å²) in [5, 5.41) is 9.27. The van der Waals surface area contributed by atoms with Crippen LogP contribution in [0.4, 0.5) is 0 Å². The molecule has 0 aliphatic heterocycles. The Bertz CT molecular complexity index is 719. The van der Waals surface area contributed by atoms with Crippen molar-refractivity contribution in [3.05, 3.63) is 18.3 Å². The van der Waals surface area contributed by atoms with Crippen LogP contribution in [0, 0.1) is 0 Å². The van der Waals surface area contributed by atoms with Gasteiger partial charge in [0.05, 0.1) is 7.11 Å². The fourth-order valence-electron chi connectivity index (χ4n) is 1.96. The molecule has 6 nitrogen and oxygen atoms in total. The molecule has 6 heteroatoms. The third kappa shape index (κ3) is 1.49. The first-order valence-electron chi connectivity index (χ1n) is 5.75. The van der Waals surface area contributed by atoms with Crippen molar-refractivity contribution in [3.63, 3.8) is 0 Å². The summed E-state index contributed by atoms with van der Waals surface area (Å²) in [4.78, 5) is 8.51. The van der Waals surface area contributed by atoms with Crippen LogP contribution in [0.5, 0.6) is 6.01 Å². The lowest BCUT2D eigenvalue weighted by molar-refractivity contribution is 0.382. The van der Waals surface area contributed by atoms with Gasteiger partial charge in [-0.25, -0.2) is 9.67 Å². The maximum absolute atomic E-state index is 5.08. The van der Waals surface area contributed by atoms with Gasteiger partial charge in [0, 0.05) is 17.6 Å². The van der Waals surface area contributed by atoms with Crippen molar-refractivity contribution in [2.24, 2.45) is 0 Å². The van der Waals surface area contributed by atoms with Gasteiger partial charge in [0.2, 0.25) is 0 Å². The van der Waals surface area contributed by atoms with Crippen LogP contribution in [0.2, 0.25) is 0 Å². The fourth-order valence-corrected chi connectivity index (χ4v) is 1.96. The van der Waals surface area contributed by atoms with E-state index in [0.29, 0.717) is 6.01 Å². The number of aromatic nitrogens is 5. The second-order valence-corrected chi connectivity index (χ2v) is 4.36. The number of hydrogen-bond donors (Lipinski definition) is 0. The van der Waals surface area contributed by atoms with Crippen molar-refractivity contribution in [2.75, 3.05) is 7.11 Å². The molecule has 2 aromatic heterocycles. The van der Waals surface area contributed by atoms with Crippen molar-refractivity contribution in [2.45, 2.75) is 19.9 Å². The van der Waals surface area contributed by atoms with Crippen LogP contribution in [0.25, 0.3) is 21.9 Å². The van der Waals surface area contributed by atoms with Gasteiger partial charge in [-0.05, 0) is 26.0 Å². The van der Waals surface area contributed by atoms with E-state index in [1.54, 1.807) is 13.3 Å². The lowest BCUT2D eigenvalue weighted by Gasteiger charge is -2.07. The van der Waals surface area contributed by atoms with Gasteiger partial charge in [0.25, 0.3) is 0 Å². The molecule has 2 heterocycles. The van der Waals surface area contributed by atoms with Crippen LogP contribution in [-0.2, 0) is 0 Å². The monoisotopic (exact) mass is 243 g/mol. The van der Waals surface area contributed by atoms with E-state index in [9.17, 15) is 0 Å². The SMILES string of the molecule is COc1ncc2ccc3nnn(C(C)C)c3c2n1. The molecule has 0 atom stereocenters. The smallest absolute Gasteiger partial charge is 0.316 e. The average molecular weight is 243 g/mol. The van der Waals surface area contributed by atoms with Crippen LogP contribution in [-0.4, -0.2) is 32.1 Å². The molecule has 0 N–H and O–H groups in total. The van der Waals surface area contributed by atoms with Crippen LogP contribution in [0.15, 0.2) is 18.3 Å². The summed E-state index contributed by atoms with van der Waals surface area (Å²) < 4.78 is 6.94. The first kappa shape index (κ1) is 10.9. The Morgan fingerprint density at radius 1 is 1.28 bits per heavy atom. The molecule has 0 bridgehead atoms. The molecule has 1 aromatic carbocycles. The zero-order chi connectivity index (χ0) is 12.7. The van der Waals surface area contributed by atoms with Gasteiger partial charge in [-0.15, -0.1) is 5.10 Å². The summed E-state index contributed by atoms with van der Waals surface area (Å²) >= 11 is 0. The first-order chi connectivity index (χ1) is 8.70. The van der Waals surface area contributed by atoms with Crippen LogP contribution < -0.4 is 4.74 Å². The zero-order valence-electron chi connectivity index (χ0n) is 10.5. The van der Waals surface area contributed by atoms with E-state index < -0.39 is 0 Å². The van der Waals surface area contributed by atoms with Crippen molar-refractivity contribution in [1.29, 1.82) is 0 Å². The molecule has 3 rings (SSSR count). The normalized spacial score (nSPS) is 11.6. The Kier molecular flexibility index (Phi) is 2.36. The Morgan fingerprint density at radius 2 is 2.11 bits per heavy atom. The largest absolute Gasteiger partial charge is 0.467 e. The van der Waals surface area contributed by atoms with Crippen LogP contribution in [0.1, 0.15) is 19.9 Å². The Hall–Kier alpha value is -2.24. The molecule has 92 valence electrons. The molecular formula is C12H13N5O. The number of hydrogen-bond acceptors (Lipinski definition) is 5. The molecule has 0 unspecified atom stereocenters. The van der Waals surface area contributed by atoms with Gasteiger partial charge in [0.15, 0.2) is 0 Å². The molecular weight excluding hydrogens is 230 g/mol. The van der Waals surface area contributed by atoms with Crippen LogP contribution >= 0.6 is 0 Å². The summed E-state index contributed by atoms with van der Waals surface area (Å²) in [7, 11) is 1.55. The number of benzene rings is 1. The highest BCUT2D eigenvalue weighted by molar-refractivity contribution is 6.01. The lowest BCUT2D eigenvalue weighted by atomic mass is 10.2. The van der Waals surface area contributed by atoms with E-state index in [-0.39, 0.29) is 6.04 Å². The standard InChI is InChI=1S/C12H13N5O/c1-7(2)17-11-9(15-16-17)5-4-8-6-13-12(18-3)14-10(8)11/h4-7H,1-3H3. The Labute approximate surface area is 104 Å². The highest BCUT2D eigenvalue weighted by atomic mass is 16.5. The number of ether oxygens (including phenoxy) is 1. The van der Waals surface area contributed by atoms with Gasteiger partial charge in [0.1, 0.15) is 16.6 Å². The summed E-state index contributed by atoms with van der Waals surface area (Å²) in [6.45, 7) is 4.12. The van der Waals surface area contributed by atoms with Gasteiger partial charge in [-0.3, -0.25) is 0 Å². The topological polar surface area (TPSA) is 65.7 Å². The number of rotatable bonds is 2. The fraction of sp³-hybridized carbons (Fsp3) is 0.333. The Morgan fingerprint density at radius 3 is 2.83 bits per heavy atom. The summed E-state index contributed by atoms with van der Waals surface area (Å²) in [5.74, 6) is 0. The average Bonchev–Trinajstić information content (AvgIpc) is 2.82. The minimum absolute atomic E-state index is 0.224. The number of nitrogens with zero attached hydrogens (tertiary/aromatic N) is 5. The van der Waals surface area contributed by atoms with E-state index in [1.807, 2.05) is 16.8 Å². The van der Waals surface area contributed by atoms with Gasteiger partial charge in [-0.1, -0.05) is 5.21 Å². The predicted octanol–water partition coefficient (Wildman–Crippen LogP) is 1.96. The molecule has 3 aromatic rings. The highest BCUT2D eigenvalue weighted by Gasteiger charge is 2.13. The van der Waals surface area contributed by atoms with Crippen molar-refractivity contribution < 1.29 is 4.74 Å². The molecule has 0 fully saturated rings. The second kappa shape index (κ2) is 3.90. The van der Waals surface area contributed by atoms with E-state index in [2.05, 4.69) is 34.1 Å². The molecule has 0 radical (unpaired) electrons. The summed E-state index contributed by atoms with van der Waals surface area (Å²) in [6, 6.07) is 4.45. The summed E-state index contributed by atoms with van der Waals surface area (Å²) in [5.41, 5.74) is 2.57. The molecule has 18 heavy (non-hydrogen) atoms. The maximum atomic E-state index is 5.08. The third-order valence-electron chi connectivity index (χ3n) is 2.83. The van der Waals surface area contributed by atoms with Crippen molar-refractivity contribution in [3.8, 4) is 6.01 Å². The van der Waals surface area contributed by atoms with E-state index in [4.69, 9.17) is 4.74 Å². The number of methoxy groups -OCH3 is 1. The van der Waals surface area contributed by atoms with Gasteiger partial charge in [-0.2, -0.15) is 4.98 Å².